The second-order valence-corrected chi connectivity index (χ2v) is 9.29. The van der Waals surface area contributed by atoms with Gasteiger partial charge in [0.25, 0.3) is 5.91 Å². The van der Waals surface area contributed by atoms with Gasteiger partial charge in [0, 0.05) is 37.5 Å². The Bertz CT molecular complexity index is 1130. The number of halogens is 1. The van der Waals surface area contributed by atoms with Gasteiger partial charge in [-0.3, -0.25) is 4.79 Å². The van der Waals surface area contributed by atoms with Crippen molar-refractivity contribution < 1.29 is 27.1 Å². The lowest BCUT2D eigenvalue weighted by Crippen LogP contribution is -2.39. The molecule has 7 nitrogen and oxygen atoms in total. The van der Waals surface area contributed by atoms with Gasteiger partial charge in [0.2, 0.25) is 9.84 Å². The fraction of sp³-hybridized carbons (Fsp3) is 0.318. The molecule has 0 aromatic heterocycles. The van der Waals surface area contributed by atoms with Crippen LogP contribution in [0, 0.1) is 5.82 Å². The molecular formula is C22H23FN2O5S. The Morgan fingerprint density at radius 2 is 1.61 bits per heavy atom. The van der Waals surface area contributed by atoms with E-state index in [4.69, 9.17) is 9.47 Å². The summed E-state index contributed by atoms with van der Waals surface area (Å²) in [6, 6.07) is 8.40. The van der Waals surface area contributed by atoms with Gasteiger partial charge in [-0.2, -0.15) is 0 Å². The van der Waals surface area contributed by atoms with Crippen LogP contribution in [0.4, 0.5) is 15.8 Å². The average molecular weight is 447 g/mol. The second kappa shape index (κ2) is 8.22. The molecule has 0 saturated carbocycles. The standard InChI is InChI=1S/C22H23FN2O5S/c1-29-17-11-16(12-18(13-17)30-2)25-14-21(22(26)24-8-4-3-5-9-24)31(27,28)20-7-6-15(23)10-19(20)25/h6-7,10-14H,3-5,8-9H2,1-2H3. The third-order valence-corrected chi connectivity index (χ3v) is 7.26. The van der Waals surface area contributed by atoms with Crippen LogP contribution in [0.25, 0.3) is 0 Å². The smallest absolute Gasteiger partial charge is 0.267 e. The summed E-state index contributed by atoms with van der Waals surface area (Å²) in [5.41, 5.74) is 0.590. The Balaban J connectivity index is 1.90. The minimum absolute atomic E-state index is 0.116. The zero-order chi connectivity index (χ0) is 22.2. The number of nitrogens with zero attached hydrogens (tertiary/aromatic N) is 2. The number of piperidine rings is 1. The molecule has 0 spiro atoms. The molecule has 2 heterocycles. The van der Waals surface area contributed by atoms with Gasteiger partial charge in [-0.25, -0.2) is 12.8 Å². The first-order valence-corrected chi connectivity index (χ1v) is 11.4. The molecular weight excluding hydrogens is 423 g/mol. The van der Waals surface area contributed by atoms with Gasteiger partial charge in [0.05, 0.1) is 30.5 Å². The minimum atomic E-state index is -4.12. The number of hydrogen-bond acceptors (Lipinski definition) is 6. The summed E-state index contributed by atoms with van der Waals surface area (Å²) < 4.78 is 51.4. The van der Waals surface area contributed by atoms with Crippen molar-refractivity contribution in [1.82, 2.24) is 4.90 Å². The molecule has 2 aromatic rings. The number of carbonyl (C=O) groups is 1. The highest BCUT2D eigenvalue weighted by atomic mass is 32.2. The number of sulfone groups is 1. The number of amides is 1. The second-order valence-electron chi connectivity index (χ2n) is 7.40. The molecule has 0 aliphatic carbocycles. The number of anilines is 2. The lowest BCUT2D eigenvalue weighted by molar-refractivity contribution is -0.127. The Kier molecular flexibility index (Phi) is 5.62. The lowest BCUT2D eigenvalue weighted by Gasteiger charge is -2.32. The maximum Gasteiger partial charge on any atom is 0.267 e. The summed E-state index contributed by atoms with van der Waals surface area (Å²) in [5.74, 6) is -0.196. The number of methoxy groups -OCH3 is 2. The van der Waals surface area contributed by atoms with Gasteiger partial charge in [0.1, 0.15) is 17.3 Å². The quantitative estimate of drug-likeness (QED) is 0.668. The number of benzene rings is 2. The fourth-order valence-corrected chi connectivity index (χ4v) is 5.37. The first-order valence-electron chi connectivity index (χ1n) is 9.93. The van der Waals surface area contributed by atoms with E-state index in [1.54, 1.807) is 23.1 Å². The van der Waals surface area contributed by atoms with Gasteiger partial charge in [-0.05, 0) is 37.5 Å². The molecule has 4 rings (SSSR count). The van der Waals surface area contributed by atoms with Gasteiger partial charge in [-0.1, -0.05) is 0 Å². The summed E-state index contributed by atoms with van der Waals surface area (Å²) in [6.07, 6.45) is 3.94. The topological polar surface area (TPSA) is 76.2 Å². The summed E-state index contributed by atoms with van der Waals surface area (Å²) in [5, 5.41) is 0. The molecule has 31 heavy (non-hydrogen) atoms. The Morgan fingerprint density at radius 1 is 0.968 bits per heavy atom. The minimum Gasteiger partial charge on any atom is -0.497 e. The van der Waals surface area contributed by atoms with E-state index in [2.05, 4.69) is 0 Å². The van der Waals surface area contributed by atoms with E-state index in [0.29, 0.717) is 30.3 Å². The van der Waals surface area contributed by atoms with Gasteiger partial charge in [-0.15, -0.1) is 0 Å². The van der Waals surface area contributed by atoms with E-state index in [0.717, 1.165) is 31.4 Å². The normalized spacial score (nSPS) is 17.6. The number of fused-ring (bicyclic) bond motifs is 1. The molecule has 0 radical (unpaired) electrons. The highest BCUT2D eigenvalue weighted by Gasteiger charge is 2.38. The molecule has 164 valence electrons. The zero-order valence-electron chi connectivity index (χ0n) is 17.3. The first kappa shape index (κ1) is 21.2. The molecule has 0 bridgehead atoms. The molecule has 0 atom stereocenters. The van der Waals surface area contributed by atoms with Crippen molar-refractivity contribution in [2.75, 3.05) is 32.2 Å². The van der Waals surface area contributed by atoms with Crippen LogP contribution in [0.3, 0.4) is 0 Å². The largest absolute Gasteiger partial charge is 0.497 e. The average Bonchev–Trinajstić information content (AvgIpc) is 2.78. The van der Waals surface area contributed by atoms with E-state index in [-0.39, 0.29) is 15.5 Å². The molecule has 0 unspecified atom stereocenters. The molecule has 2 aliphatic rings. The number of likely N-dealkylation sites (tertiary alicyclic amines) is 1. The van der Waals surface area contributed by atoms with Crippen LogP contribution < -0.4 is 14.4 Å². The van der Waals surface area contributed by atoms with Crippen LogP contribution in [-0.2, 0) is 14.6 Å². The van der Waals surface area contributed by atoms with Crippen molar-refractivity contribution in [3.05, 3.63) is 53.3 Å². The van der Waals surface area contributed by atoms with E-state index >= 15 is 0 Å². The SMILES string of the molecule is COc1cc(OC)cc(N2C=C(C(=O)N3CCCCC3)S(=O)(=O)c3ccc(F)cc32)c1. The Labute approximate surface area is 180 Å². The fourth-order valence-electron chi connectivity index (χ4n) is 3.85. The van der Waals surface area contributed by atoms with Gasteiger partial charge < -0.3 is 19.3 Å². The van der Waals surface area contributed by atoms with Crippen molar-refractivity contribution >= 4 is 27.1 Å². The van der Waals surface area contributed by atoms with Crippen LogP contribution in [0.5, 0.6) is 11.5 Å². The van der Waals surface area contributed by atoms with Crippen molar-refractivity contribution in [2.45, 2.75) is 24.2 Å². The van der Waals surface area contributed by atoms with Crippen molar-refractivity contribution in [3.8, 4) is 11.5 Å². The number of ether oxygens (including phenoxy) is 2. The molecule has 2 aliphatic heterocycles. The molecule has 1 amide bonds. The molecule has 0 N–H and O–H groups in total. The predicted octanol–water partition coefficient (Wildman–Crippen LogP) is 3.62. The third kappa shape index (κ3) is 3.85. The highest BCUT2D eigenvalue weighted by Crippen LogP contribution is 2.42. The summed E-state index contributed by atoms with van der Waals surface area (Å²) in [4.78, 5) is 15.8. The first-order chi connectivity index (χ1) is 14.8. The molecule has 9 heteroatoms. The van der Waals surface area contributed by atoms with Crippen LogP contribution in [0.15, 0.2) is 52.4 Å². The van der Waals surface area contributed by atoms with E-state index < -0.39 is 21.6 Å². The van der Waals surface area contributed by atoms with Gasteiger partial charge in [0.15, 0.2) is 4.91 Å². The van der Waals surface area contributed by atoms with Crippen molar-refractivity contribution in [3.63, 3.8) is 0 Å². The van der Waals surface area contributed by atoms with Crippen LogP contribution in [0.2, 0.25) is 0 Å². The van der Waals surface area contributed by atoms with Crippen LogP contribution >= 0.6 is 0 Å². The third-order valence-electron chi connectivity index (χ3n) is 5.47. The maximum absolute atomic E-state index is 14.1. The molecule has 1 fully saturated rings. The van der Waals surface area contributed by atoms with Crippen LogP contribution in [0.1, 0.15) is 19.3 Å². The lowest BCUT2D eigenvalue weighted by atomic mass is 10.1. The highest BCUT2D eigenvalue weighted by molar-refractivity contribution is 7.96. The summed E-state index contributed by atoms with van der Waals surface area (Å²) in [6.45, 7) is 1.02. The van der Waals surface area contributed by atoms with Crippen LogP contribution in [-0.4, -0.2) is 46.5 Å². The zero-order valence-corrected chi connectivity index (χ0v) is 18.1. The molecule has 2 aromatic carbocycles. The maximum atomic E-state index is 14.1. The summed E-state index contributed by atoms with van der Waals surface area (Å²) >= 11 is 0. The Morgan fingerprint density at radius 3 is 2.23 bits per heavy atom. The molecule has 1 saturated heterocycles. The monoisotopic (exact) mass is 446 g/mol. The predicted molar refractivity (Wildman–Crippen MR) is 114 cm³/mol. The number of hydrogen-bond donors (Lipinski definition) is 0. The Hall–Kier alpha value is -3.07. The van der Waals surface area contributed by atoms with Crippen molar-refractivity contribution in [2.24, 2.45) is 0 Å². The van der Waals surface area contributed by atoms with E-state index in [1.165, 1.54) is 31.4 Å². The number of rotatable bonds is 4. The van der Waals surface area contributed by atoms with E-state index in [9.17, 15) is 17.6 Å². The number of carbonyl (C=O) groups excluding carboxylic acids is 1. The van der Waals surface area contributed by atoms with E-state index in [1.807, 2.05) is 0 Å². The van der Waals surface area contributed by atoms with Crippen molar-refractivity contribution in [1.29, 1.82) is 0 Å². The summed E-state index contributed by atoms with van der Waals surface area (Å²) in [7, 11) is -1.13. The van der Waals surface area contributed by atoms with Gasteiger partial charge >= 0.3 is 0 Å².